The van der Waals surface area contributed by atoms with Crippen LogP contribution in [0.1, 0.15) is 35.0 Å². The lowest BCUT2D eigenvalue weighted by atomic mass is 9.87. The molecule has 0 radical (unpaired) electrons. The molecule has 32 heavy (non-hydrogen) atoms. The van der Waals surface area contributed by atoms with E-state index < -0.39 is 0 Å². The van der Waals surface area contributed by atoms with Crippen LogP contribution >= 0.6 is 23.3 Å². The van der Waals surface area contributed by atoms with Crippen LogP contribution in [0.5, 0.6) is 0 Å². The standard InChI is InChI=1S/C23H20N6OS2/c1-13(30)20-12-27-23(31-20)19-11-26-22-18(5-6-25-22)21(19)28-15-8-16(9-15)29-32-17-4-2-3-14(7-17)10-24/h2-7,11-12,15-16,29H,8-9H2,1H3,(H2,25,26,28)/t15-,16+. The quantitative estimate of drug-likeness (QED) is 0.263. The molecule has 0 amide bonds. The Hall–Kier alpha value is -3.19. The highest BCUT2D eigenvalue weighted by Crippen LogP contribution is 2.38. The van der Waals surface area contributed by atoms with Gasteiger partial charge in [-0.05, 0) is 49.1 Å². The molecule has 0 spiro atoms. The molecule has 1 saturated carbocycles. The molecule has 160 valence electrons. The lowest BCUT2D eigenvalue weighted by Crippen LogP contribution is -2.45. The number of Topliss-reactive ketones (excluding diaryl/α,β-unsaturated/α-hetero) is 1. The zero-order chi connectivity index (χ0) is 22.1. The molecule has 0 atom stereocenters. The molecule has 0 bridgehead atoms. The van der Waals surface area contributed by atoms with Crippen LogP contribution in [0.15, 0.2) is 53.8 Å². The number of thiazole rings is 1. The maximum Gasteiger partial charge on any atom is 0.171 e. The van der Waals surface area contributed by atoms with Crippen molar-refractivity contribution in [2.75, 3.05) is 5.32 Å². The summed E-state index contributed by atoms with van der Waals surface area (Å²) in [7, 11) is 0. The van der Waals surface area contributed by atoms with Crippen molar-refractivity contribution in [3.05, 3.63) is 59.4 Å². The van der Waals surface area contributed by atoms with E-state index in [0.29, 0.717) is 22.5 Å². The van der Waals surface area contributed by atoms with Crippen molar-refractivity contribution in [1.82, 2.24) is 19.7 Å². The van der Waals surface area contributed by atoms with Gasteiger partial charge in [-0.3, -0.25) is 9.52 Å². The summed E-state index contributed by atoms with van der Waals surface area (Å²) in [6, 6.07) is 12.5. The Kier molecular flexibility index (Phi) is 5.66. The number of benzene rings is 1. The number of nitriles is 1. The number of ketones is 1. The second-order valence-electron chi connectivity index (χ2n) is 7.74. The molecule has 3 aromatic heterocycles. The van der Waals surface area contributed by atoms with Crippen LogP contribution in [0.4, 0.5) is 5.69 Å². The van der Waals surface area contributed by atoms with Crippen molar-refractivity contribution in [2.45, 2.75) is 36.7 Å². The molecule has 0 saturated heterocycles. The summed E-state index contributed by atoms with van der Waals surface area (Å²) < 4.78 is 3.50. The van der Waals surface area contributed by atoms with E-state index in [4.69, 9.17) is 5.26 Å². The van der Waals surface area contributed by atoms with Crippen LogP contribution in [0.25, 0.3) is 21.6 Å². The normalized spacial score (nSPS) is 17.6. The summed E-state index contributed by atoms with van der Waals surface area (Å²) in [4.78, 5) is 25.6. The first-order chi connectivity index (χ1) is 15.6. The molecule has 1 aromatic carbocycles. The lowest BCUT2D eigenvalue weighted by Gasteiger charge is -2.37. The molecule has 3 heterocycles. The summed E-state index contributed by atoms with van der Waals surface area (Å²) in [6.07, 6.45) is 7.29. The predicted octanol–water partition coefficient (Wildman–Crippen LogP) is 5.00. The zero-order valence-corrected chi connectivity index (χ0v) is 18.9. The second-order valence-corrected chi connectivity index (χ2v) is 9.68. The first kappa shape index (κ1) is 20.7. The van der Waals surface area contributed by atoms with Crippen LogP contribution in [0, 0.1) is 11.3 Å². The SMILES string of the molecule is CC(=O)c1cnc(-c2cnc3[nH]ccc3c2N[C@H]2C[C@@H](NSc3cccc(C#N)c3)C2)s1. The summed E-state index contributed by atoms with van der Waals surface area (Å²) in [5, 5.41) is 14.5. The molecule has 3 N–H and O–H groups in total. The first-order valence-electron chi connectivity index (χ1n) is 10.2. The number of nitrogens with one attached hydrogen (secondary N) is 3. The van der Waals surface area contributed by atoms with Gasteiger partial charge in [-0.15, -0.1) is 11.3 Å². The Morgan fingerprint density at radius 3 is 2.91 bits per heavy atom. The fourth-order valence-electron chi connectivity index (χ4n) is 3.70. The van der Waals surface area contributed by atoms with E-state index in [1.807, 2.05) is 42.7 Å². The largest absolute Gasteiger partial charge is 0.381 e. The van der Waals surface area contributed by atoms with Gasteiger partial charge in [0.1, 0.15) is 10.7 Å². The van der Waals surface area contributed by atoms with Crippen molar-refractivity contribution in [3.63, 3.8) is 0 Å². The van der Waals surface area contributed by atoms with Crippen LogP contribution < -0.4 is 10.0 Å². The van der Waals surface area contributed by atoms with E-state index >= 15 is 0 Å². The van der Waals surface area contributed by atoms with Gasteiger partial charge in [0.2, 0.25) is 0 Å². The van der Waals surface area contributed by atoms with Gasteiger partial charge in [0, 0.05) is 47.9 Å². The molecule has 4 aromatic rings. The number of aromatic amines is 1. The number of carbonyl (C=O) groups is 1. The maximum atomic E-state index is 11.7. The van der Waals surface area contributed by atoms with E-state index in [2.05, 4.69) is 31.1 Å². The van der Waals surface area contributed by atoms with Crippen LogP contribution in [0.3, 0.4) is 0 Å². The van der Waals surface area contributed by atoms with Crippen LogP contribution in [-0.4, -0.2) is 32.8 Å². The van der Waals surface area contributed by atoms with Gasteiger partial charge in [-0.25, -0.2) is 9.97 Å². The van der Waals surface area contributed by atoms with Crippen molar-refractivity contribution in [3.8, 4) is 16.6 Å². The monoisotopic (exact) mass is 460 g/mol. The molecule has 9 heteroatoms. The number of nitrogens with zero attached hydrogens (tertiary/aromatic N) is 3. The summed E-state index contributed by atoms with van der Waals surface area (Å²) in [5.41, 5.74) is 3.40. The molecule has 0 unspecified atom stereocenters. The minimum atomic E-state index is 0.0182. The Morgan fingerprint density at radius 1 is 1.25 bits per heavy atom. The Labute approximate surface area is 193 Å². The van der Waals surface area contributed by atoms with Gasteiger partial charge in [-0.1, -0.05) is 6.07 Å². The number of carbonyl (C=O) groups excluding carboxylic acids is 1. The van der Waals surface area contributed by atoms with Crippen molar-refractivity contribution in [1.29, 1.82) is 5.26 Å². The lowest BCUT2D eigenvalue weighted by molar-refractivity contribution is 0.102. The molecule has 5 rings (SSSR count). The predicted molar refractivity (Wildman–Crippen MR) is 128 cm³/mol. The highest BCUT2D eigenvalue weighted by molar-refractivity contribution is 7.97. The Balaban J connectivity index is 1.29. The molecule has 1 aliphatic rings. The van der Waals surface area contributed by atoms with E-state index in [9.17, 15) is 4.79 Å². The van der Waals surface area contributed by atoms with Gasteiger partial charge in [0.25, 0.3) is 0 Å². The number of aromatic nitrogens is 3. The van der Waals surface area contributed by atoms with E-state index in [1.165, 1.54) is 11.3 Å². The van der Waals surface area contributed by atoms with Gasteiger partial charge in [0.05, 0.1) is 27.8 Å². The summed E-state index contributed by atoms with van der Waals surface area (Å²) in [6.45, 7) is 1.56. The van der Waals surface area contributed by atoms with Crippen molar-refractivity contribution >= 4 is 45.8 Å². The number of pyridine rings is 1. The molecular weight excluding hydrogens is 440 g/mol. The smallest absolute Gasteiger partial charge is 0.171 e. The molecular formula is C23H20N6OS2. The van der Waals surface area contributed by atoms with Gasteiger partial charge < -0.3 is 10.3 Å². The van der Waals surface area contributed by atoms with Crippen LogP contribution in [-0.2, 0) is 0 Å². The van der Waals surface area contributed by atoms with E-state index in [-0.39, 0.29) is 5.78 Å². The molecule has 7 nitrogen and oxygen atoms in total. The van der Waals surface area contributed by atoms with Gasteiger partial charge in [0.15, 0.2) is 5.78 Å². The Morgan fingerprint density at radius 2 is 2.12 bits per heavy atom. The first-order valence-corrected chi connectivity index (χ1v) is 11.9. The number of H-pyrrole nitrogens is 1. The number of rotatable bonds is 7. The minimum absolute atomic E-state index is 0.0182. The van der Waals surface area contributed by atoms with Crippen LogP contribution in [0.2, 0.25) is 0 Å². The average Bonchev–Trinajstić information content (AvgIpc) is 3.45. The fraction of sp³-hybridized carbons (Fsp3) is 0.217. The average molecular weight is 461 g/mol. The zero-order valence-electron chi connectivity index (χ0n) is 17.3. The number of fused-ring (bicyclic) bond motifs is 1. The van der Waals surface area contributed by atoms with Gasteiger partial charge >= 0.3 is 0 Å². The highest BCUT2D eigenvalue weighted by Gasteiger charge is 2.30. The van der Waals surface area contributed by atoms with Gasteiger partial charge in [-0.2, -0.15) is 5.26 Å². The summed E-state index contributed by atoms with van der Waals surface area (Å²) in [5.74, 6) is 0.0182. The minimum Gasteiger partial charge on any atom is -0.381 e. The van der Waals surface area contributed by atoms with E-state index in [1.54, 1.807) is 25.1 Å². The molecule has 0 aliphatic heterocycles. The van der Waals surface area contributed by atoms with Crippen molar-refractivity contribution in [2.24, 2.45) is 0 Å². The third-order valence-corrected chi connectivity index (χ3v) is 7.54. The molecule has 1 aliphatic carbocycles. The number of anilines is 1. The number of hydrogen-bond donors (Lipinski definition) is 3. The second kappa shape index (κ2) is 8.74. The highest BCUT2D eigenvalue weighted by atomic mass is 32.2. The molecule has 1 fully saturated rings. The maximum absolute atomic E-state index is 11.7. The third-order valence-electron chi connectivity index (χ3n) is 5.46. The fourth-order valence-corrected chi connectivity index (χ4v) is 5.36. The summed E-state index contributed by atoms with van der Waals surface area (Å²) >= 11 is 2.96. The van der Waals surface area contributed by atoms with Crippen molar-refractivity contribution < 1.29 is 4.79 Å². The topological polar surface area (TPSA) is 106 Å². The number of hydrogen-bond acceptors (Lipinski definition) is 8. The van der Waals surface area contributed by atoms with E-state index in [0.717, 1.165) is 45.0 Å². The Bertz CT molecular complexity index is 1330. The third kappa shape index (κ3) is 4.12.